The van der Waals surface area contributed by atoms with E-state index in [0.29, 0.717) is 29.2 Å². The summed E-state index contributed by atoms with van der Waals surface area (Å²) in [5, 5.41) is 10.0. The normalized spacial score (nSPS) is 10.4. The molecule has 0 aliphatic rings. The first-order valence-corrected chi connectivity index (χ1v) is 11.5. The molecule has 9 nitrogen and oxygen atoms in total. The molecule has 0 unspecified atom stereocenters. The van der Waals surface area contributed by atoms with E-state index in [1.807, 2.05) is 54.6 Å². The monoisotopic (exact) mass is 498 g/mol. The van der Waals surface area contributed by atoms with Gasteiger partial charge in [0.05, 0.1) is 26.3 Å². The Labute approximate surface area is 214 Å². The van der Waals surface area contributed by atoms with Crippen molar-refractivity contribution in [3.05, 3.63) is 102 Å². The van der Waals surface area contributed by atoms with Crippen LogP contribution in [0.15, 0.2) is 85.1 Å². The fourth-order valence-corrected chi connectivity index (χ4v) is 3.69. The first-order valence-electron chi connectivity index (χ1n) is 11.5. The van der Waals surface area contributed by atoms with Crippen LogP contribution in [0.5, 0.6) is 5.75 Å². The summed E-state index contributed by atoms with van der Waals surface area (Å²) < 4.78 is 11.6. The topological polar surface area (TPSA) is 112 Å². The maximum Gasteiger partial charge on any atom is 0.325 e. The van der Waals surface area contributed by atoms with Crippen molar-refractivity contribution >= 4 is 23.5 Å². The van der Waals surface area contributed by atoms with E-state index in [4.69, 9.17) is 9.84 Å². The van der Waals surface area contributed by atoms with Gasteiger partial charge in [-0.15, -0.1) is 0 Å². The van der Waals surface area contributed by atoms with E-state index in [0.717, 1.165) is 11.1 Å². The SMILES string of the molecule is COC(=O)CNC(=O)c1cccc(NC(=O)c2cn(Cc3ccccc3)nc2-c2cccc(OC)c2)c1. The Morgan fingerprint density at radius 2 is 1.68 bits per heavy atom. The van der Waals surface area contributed by atoms with E-state index in [1.54, 1.807) is 36.2 Å². The predicted molar refractivity (Wildman–Crippen MR) is 139 cm³/mol. The fraction of sp³-hybridized carbons (Fsp3) is 0.143. The number of esters is 1. The Hall–Kier alpha value is -4.92. The molecule has 0 spiro atoms. The Morgan fingerprint density at radius 1 is 0.892 bits per heavy atom. The van der Waals surface area contributed by atoms with E-state index < -0.39 is 11.9 Å². The molecule has 4 aromatic rings. The van der Waals surface area contributed by atoms with Crippen molar-refractivity contribution in [2.24, 2.45) is 0 Å². The van der Waals surface area contributed by atoms with Gasteiger partial charge >= 0.3 is 5.97 Å². The van der Waals surface area contributed by atoms with Crippen molar-refractivity contribution in [1.29, 1.82) is 0 Å². The summed E-state index contributed by atoms with van der Waals surface area (Å²) in [6.45, 7) is 0.233. The molecule has 1 heterocycles. The number of hydrogen-bond donors (Lipinski definition) is 2. The van der Waals surface area contributed by atoms with E-state index in [1.165, 1.54) is 13.2 Å². The molecule has 2 N–H and O–H groups in total. The van der Waals surface area contributed by atoms with Crippen LogP contribution >= 0.6 is 0 Å². The molecule has 4 rings (SSSR count). The van der Waals surface area contributed by atoms with Gasteiger partial charge in [0.25, 0.3) is 11.8 Å². The highest BCUT2D eigenvalue weighted by atomic mass is 16.5. The van der Waals surface area contributed by atoms with Crippen LogP contribution in [-0.2, 0) is 16.1 Å². The van der Waals surface area contributed by atoms with E-state index in [-0.39, 0.29) is 18.0 Å². The van der Waals surface area contributed by atoms with Crippen molar-refractivity contribution in [3.8, 4) is 17.0 Å². The molecule has 1 aromatic heterocycles. The Morgan fingerprint density at radius 3 is 2.43 bits per heavy atom. The molecule has 9 heteroatoms. The molecule has 0 aliphatic heterocycles. The number of methoxy groups -OCH3 is 2. The quantitative estimate of drug-likeness (QED) is 0.340. The number of hydrogen-bond acceptors (Lipinski definition) is 6. The molecule has 0 atom stereocenters. The van der Waals surface area contributed by atoms with Crippen LogP contribution < -0.4 is 15.4 Å². The van der Waals surface area contributed by atoms with Gasteiger partial charge in [-0.2, -0.15) is 5.10 Å². The van der Waals surface area contributed by atoms with Crippen molar-refractivity contribution in [3.63, 3.8) is 0 Å². The third-order valence-electron chi connectivity index (χ3n) is 5.54. The van der Waals surface area contributed by atoms with E-state index >= 15 is 0 Å². The summed E-state index contributed by atoms with van der Waals surface area (Å²) in [4.78, 5) is 37.1. The van der Waals surface area contributed by atoms with Crippen LogP contribution in [0.25, 0.3) is 11.3 Å². The Kier molecular flexibility index (Phi) is 7.95. The summed E-state index contributed by atoms with van der Waals surface area (Å²) in [6, 6.07) is 23.6. The maximum atomic E-state index is 13.4. The number of rotatable bonds is 9. The molecule has 0 bridgehead atoms. The molecule has 0 saturated heterocycles. The summed E-state index contributed by atoms with van der Waals surface area (Å²) >= 11 is 0. The zero-order valence-corrected chi connectivity index (χ0v) is 20.4. The highest BCUT2D eigenvalue weighted by Crippen LogP contribution is 2.27. The lowest BCUT2D eigenvalue weighted by Gasteiger charge is -2.09. The number of amides is 2. The third kappa shape index (κ3) is 6.40. The molecule has 3 aromatic carbocycles. The summed E-state index contributed by atoms with van der Waals surface area (Å²) in [5.41, 5.74) is 3.34. The number of nitrogens with one attached hydrogen (secondary N) is 2. The second kappa shape index (κ2) is 11.7. The number of nitrogens with zero attached hydrogens (tertiary/aromatic N) is 2. The largest absolute Gasteiger partial charge is 0.497 e. The molecular formula is C28H26N4O5. The standard InChI is InChI=1S/C28H26N4O5/c1-36-23-13-7-10-20(15-23)26-24(18-32(31-26)17-19-8-4-3-5-9-19)28(35)30-22-12-6-11-21(14-22)27(34)29-16-25(33)37-2/h3-15,18H,16-17H2,1-2H3,(H,29,34)(H,30,35). The molecule has 0 aliphatic carbocycles. The highest BCUT2D eigenvalue weighted by molar-refractivity contribution is 6.08. The van der Waals surface area contributed by atoms with Gasteiger partial charge < -0.3 is 20.1 Å². The first-order chi connectivity index (χ1) is 18.0. The number of carbonyl (C=O) groups excluding carboxylic acids is 3. The van der Waals surface area contributed by atoms with Gasteiger partial charge in [0.15, 0.2) is 0 Å². The minimum absolute atomic E-state index is 0.254. The third-order valence-corrected chi connectivity index (χ3v) is 5.54. The van der Waals surface area contributed by atoms with E-state index in [9.17, 15) is 14.4 Å². The highest BCUT2D eigenvalue weighted by Gasteiger charge is 2.19. The van der Waals surface area contributed by atoms with Crippen LogP contribution in [0.2, 0.25) is 0 Å². The Balaban J connectivity index is 1.60. The number of benzene rings is 3. The second-order valence-electron chi connectivity index (χ2n) is 8.10. The molecule has 0 saturated carbocycles. The fourth-order valence-electron chi connectivity index (χ4n) is 3.69. The lowest BCUT2D eigenvalue weighted by molar-refractivity contribution is -0.139. The summed E-state index contributed by atoms with van der Waals surface area (Å²) in [6.07, 6.45) is 1.70. The molecule has 2 amide bonds. The van der Waals surface area contributed by atoms with Gasteiger partial charge in [-0.25, -0.2) is 0 Å². The average molecular weight is 499 g/mol. The van der Waals surface area contributed by atoms with Crippen molar-refractivity contribution in [2.45, 2.75) is 6.54 Å². The molecule has 188 valence electrons. The van der Waals surface area contributed by atoms with Crippen molar-refractivity contribution in [2.75, 3.05) is 26.1 Å². The van der Waals surface area contributed by atoms with Gasteiger partial charge in [-0.1, -0.05) is 48.5 Å². The van der Waals surface area contributed by atoms with Gasteiger partial charge in [0.1, 0.15) is 18.0 Å². The lowest BCUT2D eigenvalue weighted by Crippen LogP contribution is -2.30. The van der Waals surface area contributed by atoms with Gasteiger partial charge in [0.2, 0.25) is 0 Å². The molecule has 37 heavy (non-hydrogen) atoms. The zero-order valence-electron chi connectivity index (χ0n) is 20.4. The van der Waals surface area contributed by atoms with Gasteiger partial charge in [-0.3, -0.25) is 19.1 Å². The smallest absolute Gasteiger partial charge is 0.325 e. The Bertz CT molecular complexity index is 1420. The van der Waals surface area contributed by atoms with Crippen LogP contribution in [0, 0.1) is 0 Å². The average Bonchev–Trinajstić information content (AvgIpc) is 3.36. The summed E-state index contributed by atoms with van der Waals surface area (Å²) in [7, 11) is 2.82. The molecular weight excluding hydrogens is 472 g/mol. The lowest BCUT2D eigenvalue weighted by atomic mass is 10.1. The van der Waals surface area contributed by atoms with Crippen LogP contribution in [0.1, 0.15) is 26.3 Å². The number of carbonyl (C=O) groups is 3. The van der Waals surface area contributed by atoms with Gasteiger partial charge in [0, 0.05) is 23.0 Å². The van der Waals surface area contributed by atoms with Gasteiger partial charge in [-0.05, 0) is 35.9 Å². The number of aromatic nitrogens is 2. The van der Waals surface area contributed by atoms with Crippen LogP contribution in [0.3, 0.4) is 0 Å². The van der Waals surface area contributed by atoms with Crippen LogP contribution in [0.4, 0.5) is 5.69 Å². The zero-order chi connectivity index (χ0) is 26.2. The molecule has 0 fully saturated rings. The predicted octanol–water partition coefficient (Wildman–Crippen LogP) is 3.76. The number of ether oxygens (including phenoxy) is 2. The van der Waals surface area contributed by atoms with Crippen LogP contribution in [-0.4, -0.2) is 48.3 Å². The molecule has 0 radical (unpaired) electrons. The minimum Gasteiger partial charge on any atom is -0.497 e. The van der Waals surface area contributed by atoms with Crippen molar-refractivity contribution in [1.82, 2.24) is 15.1 Å². The summed E-state index contributed by atoms with van der Waals surface area (Å²) in [5.74, 6) is -0.763. The number of anilines is 1. The van der Waals surface area contributed by atoms with Crippen molar-refractivity contribution < 1.29 is 23.9 Å². The van der Waals surface area contributed by atoms with E-state index in [2.05, 4.69) is 15.4 Å². The minimum atomic E-state index is -0.560. The maximum absolute atomic E-state index is 13.4. The first kappa shape index (κ1) is 25.2. The second-order valence-corrected chi connectivity index (χ2v) is 8.10.